The molecule has 154 valence electrons. The predicted octanol–water partition coefficient (Wildman–Crippen LogP) is 1.50. The molecule has 1 aromatic carbocycles. The number of hydrogen-bond acceptors (Lipinski definition) is 7. The maximum absolute atomic E-state index is 13.1. The monoisotopic (exact) mass is 402 g/mol. The SMILES string of the molecule is CC(C)c1noc(CCCNC(=O)C2=NN(c3ccc(F)cc3)C(C(N)=O)C2)n1. The van der Waals surface area contributed by atoms with Gasteiger partial charge in [-0.2, -0.15) is 10.1 Å². The Kier molecular flexibility index (Phi) is 6.20. The minimum absolute atomic E-state index is 0.0833. The van der Waals surface area contributed by atoms with Crippen LogP contribution in [0.3, 0.4) is 0 Å². The Hall–Kier alpha value is -3.30. The van der Waals surface area contributed by atoms with Gasteiger partial charge < -0.3 is 15.6 Å². The summed E-state index contributed by atoms with van der Waals surface area (Å²) in [6.45, 7) is 4.34. The van der Waals surface area contributed by atoms with Crippen LogP contribution in [0.15, 0.2) is 33.9 Å². The van der Waals surface area contributed by atoms with E-state index >= 15 is 0 Å². The molecule has 0 saturated carbocycles. The van der Waals surface area contributed by atoms with Gasteiger partial charge in [-0.05, 0) is 30.7 Å². The van der Waals surface area contributed by atoms with Crippen molar-refractivity contribution in [2.45, 2.75) is 45.1 Å². The maximum Gasteiger partial charge on any atom is 0.267 e. The van der Waals surface area contributed by atoms with Crippen LogP contribution in [0.1, 0.15) is 44.3 Å². The van der Waals surface area contributed by atoms with E-state index in [9.17, 15) is 14.0 Å². The summed E-state index contributed by atoms with van der Waals surface area (Å²) in [5.74, 6) is -0.0326. The van der Waals surface area contributed by atoms with Gasteiger partial charge in [0, 0.05) is 25.3 Å². The minimum atomic E-state index is -0.797. The van der Waals surface area contributed by atoms with E-state index < -0.39 is 17.8 Å². The van der Waals surface area contributed by atoms with E-state index in [2.05, 4.69) is 20.6 Å². The van der Waals surface area contributed by atoms with E-state index in [0.29, 0.717) is 36.8 Å². The standard InChI is InChI=1S/C19H23FN6O3/c1-11(2)18-23-16(29-25-18)4-3-9-22-19(28)14-10-15(17(21)27)26(24-14)13-7-5-12(20)6-8-13/h5-8,11,15H,3-4,9-10H2,1-2H3,(H2,21,27)(H,22,28). The van der Waals surface area contributed by atoms with Crippen LogP contribution in [-0.2, 0) is 16.0 Å². The smallest absolute Gasteiger partial charge is 0.267 e. The number of halogens is 1. The van der Waals surface area contributed by atoms with Crippen LogP contribution in [0.4, 0.5) is 10.1 Å². The zero-order chi connectivity index (χ0) is 21.0. The summed E-state index contributed by atoms with van der Waals surface area (Å²) in [6, 6.07) is 4.66. The number of nitrogens with zero attached hydrogens (tertiary/aromatic N) is 4. The fourth-order valence-electron chi connectivity index (χ4n) is 2.85. The van der Waals surface area contributed by atoms with Crippen LogP contribution in [0.2, 0.25) is 0 Å². The van der Waals surface area contributed by atoms with Crippen LogP contribution >= 0.6 is 0 Å². The Balaban J connectivity index is 1.56. The normalized spacial score (nSPS) is 16.2. The van der Waals surface area contributed by atoms with Crippen LogP contribution in [0, 0.1) is 5.82 Å². The largest absolute Gasteiger partial charge is 0.368 e. The van der Waals surface area contributed by atoms with Crippen molar-refractivity contribution in [3.63, 3.8) is 0 Å². The molecule has 0 radical (unpaired) electrons. The van der Waals surface area contributed by atoms with E-state index in [1.54, 1.807) is 0 Å². The molecule has 1 aliphatic rings. The molecule has 10 heteroatoms. The van der Waals surface area contributed by atoms with Crippen LogP contribution in [0.25, 0.3) is 0 Å². The van der Waals surface area contributed by atoms with Gasteiger partial charge in [0.05, 0.1) is 5.69 Å². The number of hydrazone groups is 1. The topological polar surface area (TPSA) is 127 Å². The second-order valence-electron chi connectivity index (χ2n) is 7.05. The van der Waals surface area contributed by atoms with Crippen molar-refractivity contribution < 1.29 is 18.5 Å². The molecule has 29 heavy (non-hydrogen) atoms. The summed E-state index contributed by atoms with van der Waals surface area (Å²) in [5.41, 5.74) is 6.12. The fourth-order valence-corrected chi connectivity index (χ4v) is 2.85. The summed E-state index contributed by atoms with van der Waals surface area (Å²) in [4.78, 5) is 28.5. The molecule has 9 nitrogen and oxygen atoms in total. The number of amides is 2. The number of nitrogens with two attached hydrogens (primary N) is 1. The molecule has 1 aromatic heterocycles. The summed E-state index contributed by atoms with van der Waals surface area (Å²) in [6.07, 6.45) is 1.23. The van der Waals surface area contributed by atoms with E-state index in [1.165, 1.54) is 29.3 Å². The van der Waals surface area contributed by atoms with Crippen LogP contribution in [-0.4, -0.2) is 40.3 Å². The molecule has 2 aromatic rings. The lowest BCUT2D eigenvalue weighted by Crippen LogP contribution is -2.40. The number of hydrogen-bond donors (Lipinski definition) is 2. The van der Waals surface area contributed by atoms with Crippen molar-refractivity contribution in [2.75, 3.05) is 11.6 Å². The molecule has 1 atom stereocenters. The lowest BCUT2D eigenvalue weighted by molar-refractivity contribution is -0.119. The molecule has 2 amide bonds. The van der Waals surface area contributed by atoms with Crippen molar-refractivity contribution >= 4 is 23.2 Å². The highest BCUT2D eigenvalue weighted by molar-refractivity contribution is 6.40. The van der Waals surface area contributed by atoms with Gasteiger partial charge in [-0.1, -0.05) is 19.0 Å². The number of carbonyl (C=O) groups is 2. The number of rotatable bonds is 8. The number of aryl methyl sites for hydroxylation is 1. The zero-order valence-electron chi connectivity index (χ0n) is 16.3. The molecule has 0 saturated heterocycles. The average molecular weight is 402 g/mol. The van der Waals surface area contributed by atoms with Gasteiger partial charge in [0.1, 0.15) is 17.6 Å². The Morgan fingerprint density at radius 2 is 2.07 bits per heavy atom. The van der Waals surface area contributed by atoms with Crippen molar-refractivity contribution in [3.8, 4) is 0 Å². The zero-order valence-corrected chi connectivity index (χ0v) is 16.3. The Morgan fingerprint density at radius 1 is 1.34 bits per heavy atom. The molecule has 1 aliphatic heterocycles. The highest BCUT2D eigenvalue weighted by atomic mass is 19.1. The third-order valence-electron chi connectivity index (χ3n) is 4.45. The van der Waals surface area contributed by atoms with E-state index in [4.69, 9.17) is 10.3 Å². The molecule has 0 spiro atoms. The summed E-state index contributed by atoms with van der Waals surface area (Å²) < 4.78 is 18.3. The first-order chi connectivity index (χ1) is 13.8. The number of benzene rings is 1. The molecule has 1 unspecified atom stereocenters. The molecule has 3 N–H and O–H groups in total. The lowest BCUT2D eigenvalue weighted by Gasteiger charge is -2.20. The predicted molar refractivity (Wildman–Crippen MR) is 104 cm³/mol. The first-order valence-electron chi connectivity index (χ1n) is 9.37. The summed E-state index contributed by atoms with van der Waals surface area (Å²) in [7, 11) is 0. The second-order valence-corrected chi connectivity index (χ2v) is 7.05. The second kappa shape index (κ2) is 8.80. The van der Waals surface area contributed by atoms with E-state index in [-0.39, 0.29) is 24.0 Å². The van der Waals surface area contributed by atoms with Crippen molar-refractivity contribution in [1.29, 1.82) is 0 Å². The number of primary amides is 1. The van der Waals surface area contributed by atoms with Crippen molar-refractivity contribution in [3.05, 3.63) is 41.8 Å². The maximum atomic E-state index is 13.1. The minimum Gasteiger partial charge on any atom is -0.368 e. The molecular weight excluding hydrogens is 379 g/mol. The first kappa shape index (κ1) is 20.4. The van der Waals surface area contributed by atoms with Gasteiger partial charge >= 0.3 is 0 Å². The molecule has 0 aliphatic carbocycles. The average Bonchev–Trinajstić information content (AvgIpc) is 3.33. The van der Waals surface area contributed by atoms with Crippen LogP contribution in [0.5, 0.6) is 0 Å². The van der Waals surface area contributed by atoms with Gasteiger partial charge in [0.15, 0.2) is 5.82 Å². The third-order valence-corrected chi connectivity index (χ3v) is 4.45. The Bertz CT molecular complexity index is 909. The van der Waals surface area contributed by atoms with Crippen LogP contribution < -0.4 is 16.1 Å². The summed E-state index contributed by atoms with van der Waals surface area (Å²) in [5, 5.41) is 12.2. The molecule has 3 rings (SSSR count). The first-order valence-corrected chi connectivity index (χ1v) is 9.37. The Morgan fingerprint density at radius 3 is 2.69 bits per heavy atom. The molecule has 2 heterocycles. The third kappa shape index (κ3) is 4.95. The summed E-state index contributed by atoms with van der Waals surface area (Å²) >= 11 is 0. The number of carbonyl (C=O) groups excluding carboxylic acids is 2. The van der Waals surface area contributed by atoms with Crippen molar-refractivity contribution in [1.82, 2.24) is 15.5 Å². The molecule has 0 bridgehead atoms. The van der Waals surface area contributed by atoms with Gasteiger partial charge in [-0.25, -0.2) is 4.39 Å². The highest BCUT2D eigenvalue weighted by Gasteiger charge is 2.34. The lowest BCUT2D eigenvalue weighted by atomic mass is 10.1. The van der Waals surface area contributed by atoms with Gasteiger partial charge in [-0.3, -0.25) is 14.6 Å². The fraction of sp³-hybridized carbons (Fsp3) is 0.421. The highest BCUT2D eigenvalue weighted by Crippen LogP contribution is 2.24. The number of aromatic nitrogens is 2. The quantitative estimate of drug-likeness (QED) is 0.644. The van der Waals surface area contributed by atoms with Gasteiger partial charge in [0.25, 0.3) is 5.91 Å². The number of nitrogens with one attached hydrogen (secondary N) is 1. The van der Waals surface area contributed by atoms with Gasteiger partial charge in [-0.15, -0.1) is 0 Å². The van der Waals surface area contributed by atoms with Crippen molar-refractivity contribution in [2.24, 2.45) is 10.8 Å². The number of anilines is 1. The Labute approximate surface area is 167 Å². The van der Waals surface area contributed by atoms with Gasteiger partial charge in [0.2, 0.25) is 11.8 Å². The molecular formula is C19H23FN6O3. The van der Waals surface area contributed by atoms with E-state index in [0.717, 1.165) is 0 Å². The molecule has 0 fully saturated rings. The van der Waals surface area contributed by atoms with E-state index in [1.807, 2.05) is 13.8 Å².